The van der Waals surface area contributed by atoms with E-state index in [0.717, 1.165) is 17.8 Å². The van der Waals surface area contributed by atoms with Crippen molar-refractivity contribution in [1.29, 1.82) is 0 Å². The molecule has 110 valence electrons. The Morgan fingerprint density at radius 3 is 1.94 bits per heavy atom. The van der Waals surface area contributed by atoms with Crippen molar-refractivity contribution in [1.82, 2.24) is 0 Å². The molecule has 18 heavy (non-hydrogen) atoms. The molecule has 0 radical (unpaired) electrons. The topological polar surface area (TPSA) is 0 Å². The molecule has 0 aliphatic rings. The van der Waals surface area contributed by atoms with E-state index < -0.39 is 0 Å². The van der Waals surface area contributed by atoms with Gasteiger partial charge in [0, 0.05) is 0 Å². The Hall–Kier alpha value is 0. The van der Waals surface area contributed by atoms with E-state index in [1.807, 2.05) is 0 Å². The van der Waals surface area contributed by atoms with E-state index in [9.17, 15) is 0 Å². The van der Waals surface area contributed by atoms with Crippen LogP contribution in [0.1, 0.15) is 93.4 Å². The van der Waals surface area contributed by atoms with E-state index in [2.05, 4.69) is 48.5 Å². The Kier molecular flexibility index (Phi) is 8.99. The third kappa shape index (κ3) is 6.25. The van der Waals surface area contributed by atoms with Gasteiger partial charge in [-0.1, -0.05) is 80.6 Å². The molecule has 3 atom stereocenters. The molecule has 0 aromatic heterocycles. The first kappa shape index (κ1) is 18.0. The maximum atomic E-state index is 2.52. The van der Waals surface area contributed by atoms with Crippen LogP contribution in [0.3, 0.4) is 0 Å². The van der Waals surface area contributed by atoms with E-state index in [1.54, 1.807) is 0 Å². The average molecular weight is 255 g/mol. The second-order valence-electron chi connectivity index (χ2n) is 7.22. The summed E-state index contributed by atoms with van der Waals surface area (Å²) in [6, 6.07) is 0. The summed E-state index contributed by atoms with van der Waals surface area (Å²) in [5.41, 5.74) is 0.513. The summed E-state index contributed by atoms with van der Waals surface area (Å²) in [6.07, 6.45) is 9.64. The van der Waals surface area contributed by atoms with Gasteiger partial charge >= 0.3 is 0 Å². The molecule has 0 heterocycles. The average Bonchev–Trinajstić information content (AvgIpc) is 2.28. The smallest absolute Gasteiger partial charge is 0.0321 e. The number of hydrogen-bond donors (Lipinski definition) is 0. The summed E-state index contributed by atoms with van der Waals surface area (Å²) in [4.78, 5) is 0. The Labute approximate surface area is 117 Å². The fourth-order valence-electron chi connectivity index (χ4n) is 3.72. The van der Waals surface area contributed by atoms with Crippen LogP contribution in [0, 0.1) is 23.2 Å². The maximum Gasteiger partial charge on any atom is -0.0321 e. The summed E-state index contributed by atoms with van der Waals surface area (Å²) in [5, 5.41) is 0. The SMILES string of the molecule is CCCCC(C(C)CCC)C(C)(C)CC(C)CC. The quantitative estimate of drug-likeness (QED) is 0.407. The summed E-state index contributed by atoms with van der Waals surface area (Å²) >= 11 is 0. The molecule has 0 aromatic rings. The first-order chi connectivity index (χ1) is 8.38. The minimum Gasteiger partial charge on any atom is -0.0654 e. The Morgan fingerprint density at radius 1 is 0.889 bits per heavy atom. The van der Waals surface area contributed by atoms with E-state index >= 15 is 0 Å². The summed E-state index contributed by atoms with van der Waals surface area (Å²) in [5.74, 6) is 2.67. The number of rotatable bonds is 10. The normalized spacial score (nSPS) is 17.5. The van der Waals surface area contributed by atoms with Gasteiger partial charge < -0.3 is 0 Å². The minimum absolute atomic E-state index is 0.513. The highest BCUT2D eigenvalue weighted by Gasteiger charge is 2.33. The summed E-state index contributed by atoms with van der Waals surface area (Å²) < 4.78 is 0. The largest absolute Gasteiger partial charge is 0.0654 e. The van der Waals surface area contributed by atoms with E-state index in [0.29, 0.717) is 5.41 Å². The lowest BCUT2D eigenvalue weighted by atomic mass is 9.65. The van der Waals surface area contributed by atoms with Gasteiger partial charge in [0.1, 0.15) is 0 Å². The van der Waals surface area contributed by atoms with Crippen molar-refractivity contribution < 1.29 is 0 Å². The molecule has 0 aromatic carbocycles. The van der Waals surface area contributed by atoms with E-state index in [1.165, 1.54) is 44.9 Å². The van der Waals surface area contributed by atoms with Crippen LogP contribution in [0.25, 0.3) is 0 Å². The van der Waals surface area contributed by atoms with Crippen molar-refractivity contribution in [3.8, 4) is 0 Å². The molecule has 3 unspecified atom stereocenters. The lowest BCUT2D eigenvalue weighted by Gasteiger charge is -2.40. The van der Waals surface area contributed by atoms with Gasteiger partial charge in [-0.05, 0) is 36.0 Å². The van der Waals surface area contributed by atoms with Gasteiger partial charge in [-0.25, -0.2) is 0 Å². The molecule has 0 rings (SSSR count). The van der Waals surface area contributed by atoms with Gasteiger partial charge in [0.15, 0.2) is 0 Å². The molecule has 0 heteroatoms. The zero-order valence-electron chi connectivity index (χ0n) is 14.2. The molecule has 0 aliphatic heterocycles. The van der Waals surface area contributed by atoms with Crippen LogP contribution < -0.4 is 0 Å². The number of unbranched alkanes of at least 4 members (excludes halogenated alkanes) is 1. The standard InChI is InChI=1S/C18H38/c1-8-11-13-17(16(5)12-9-2)18(6,7)14-15(4)10-3/h15-17H,8-14H2,1-7H3. The second-order valence-corrected chi connectivity index (χ2v) is 7.22. The van der Waals surface area contributed by atoms with Crippen molar-refractivity contribution in [2.24, 2.45) is 23.2 Å². The maximum absolute atomic E-state index is 2.52. The highest BCUT2D eigenvalue weighted by Crippen LogP contribution is 2.43. The third-order valence-electron chi connectivity index (χ3n) is 4.87. The minimum atomic E-state index is 0.513. The predicted octanol–water partition coefficient (Wildman–Crippen LogP) is 6.69. The lowest BCUT2D eigenvalue weighted by Crippen LogP contribution is -2.31. The molecular weight excluding hydrogens is 216 g/mol. The molecule has 0 fully saturated rings. The van der Waals surface area contributed by atoms with Gasteiger partial charge in [-0.3, -0.25) is 0 Å². The zero-order valence-corrected chi connectivity index (χ0v) is 14.2. The van der Waals surface area contributed by atoms with Gasteiger partial charge in [0.2, 0.25) is 0 Å². The van der Waals surface area contributed by atoms with Crippen LogP contribution in [0.15, 0.2) is 0 Å². The van der Waals surface area contributed by atoms with Crippen LogP contribution in [0.5, 0.6) is 0 Å². The van der Waals surface area contributed by atoms with Crippen LogP contribution in [0.2, 0.25) is 0 Å². The predicted molar refractivity (Wildman–Crippen MR) is 84.9 cm³/mol. The Morgan fingerprint density at radius 2 is 1.50 bits per heavy atom. The van der Waals surface area contributed by atoms with Gasteiger partial charge in [-0.15, -0.1) is 0 Å². The fraction of sp³-hybridized carbons (Fsp3) is 1.00. The van der Waals surface area contributed by atoms with Crippen LogP contribution in [-0.4, -0.2) is 0 Å². The molecule has 0 spiro atoms. The van der Waals surface area contributed by atoms with E-state index in [-0.39, 0.29) is 0 Å². The Bertz CT molecular complexity index is 192. The van der Waals surface area contributed by atoms with Crippen molar-refractivity contribution >= 4 is 0 Å². The highest BCUT2D eigenvalue weighted by atomic mass is 14.4. The van der Waals surface area contributed by atoms with Crippen molar-refractivity contribution in [3.05, 3.63) is 0 Å². The highest BCUT2D eigenvalue weighted by molar-refractivity contribution is 4.83. The van der Waals surface area contributed by atoms with Crippen LogP contribution in [0.4, 0.5) is 0 Å². The third-order valence-corrected chi connectivity index (χ3v) is 4.87. The first-order valence-electron chi connectivity index (χ1n) is 8.38. The summed E-state index contributed by atoms with van der Waals surface area (Å²) in [6.45, 7) is 16.9. The van der Waals surface area contributed by atoms with Gasteiger partial charge in [0.25, 0.3) is 0 Å². The molecular formula is C18H38. The lowest BCUT2D eigenvalue weighted by molar-refractivity contribution is 0.0978. The molecule has 0 amide bonds. The van der Waals surface area contributed by atoms with E-state index in [4.69, 9.17) is 0 Å². The molecule has 0 aliphatic carbocycles. The fourth-order valence-corrected chi connectivity index (χ4v) is 3.72. The Balaban J connectivity index is 4.68. The van der Waals surface area contributed by atoms with Crippen molar-refractivity contribution in [3.63, 3.8) is 0 Å². The number of hydrogen-bond acceptors (Lipinski definition) is 0. The first-order valence-corrected chi connectivity index (χ1v) is 8.38. The molecule has 0 saturated heterocycles. The molecule has 0 N–H and O–H groups in total. The van der Waals surface area contributed by atoms with Gasteiger partial charge in [0.05, 0.1) is 0 Å². The second kappa shape index (κ2) is 8.99. The molecule has 0 bridgehead atoms. The summed E-state index contributed by atoms with van der Waals surface area (Å²) in [7, 11) is 0. The zero-order chi connectivity index (χ0) is 14.2. The van der Waals surface area contributed by atoms with Crippen LogP contribution in [-0.2, 0) is 0 Å². The monoisotopic (exact) mass is 254 g/mol. The van der Waals surface area contributed by atoms with Crippen molar-refractivity contribution in [2.45, 2.75) is 93.4 Å². The van der Waals surface area contributed by atoms with Crippen LogP contribution >= 0.6 is 0 Å². The molecule has 0 nitrogen and oxygen atoms in total. The van der Waals surface area contributed by atoms with Crippen molar-refractivity contribution in [2.75, 3.05) is 0 Å². The molecule has 0 saturated carbocycles. The van der Waals surface area contributed by atoms with Gasteiger partial charge in [-0.2, -0.15) is 0 Å².